The Hall–Kier alpha value is -3.03. The number of aryl methyl sites for hydroxylation is 2. The maximum atomic E-state index is 13.7. The lowest BCUT2D eigenvalue weighted by molar-refractivity contribution is 0.0941. The second kappa shape index (κ2) is 6.23. The molecule has 2 aromatic heterocycles. The number of hydrogen-bond donors (Lipinski definition) is 1. The number of carbonyl (C=O) groups is 1. The number of halogens is 2. The Morgan fingerprint density at radius 1 is 1.25 bits per heavy atom. The minimum atomic E-state index is -0.768. The maximum Gasteiger partial charge on any atom is 0.272 e. The Labute approximate surface area is 136 Å². The number of amides is 1. The Kier molecular flexibility index (Phi) is 4.11. The standard InChI is InChI=1S/C16H14F2N4O2/c1-9-10(2)24-14(20-9)8-19-16(23)13-6-7-22(21-13)15-11(17)4-3-5-12(15)18/h3-7H,8H2,1-2H3,(H,19,23). The van der Waals surface area contributed by atoms with Gasteiger partial charge in [-0.05, 0) is 32.0 Å². The van der Waals surface area contributed by atoms with Crippen LogP contribution < -0.4 is 5.32 Å². The third-order valence-corrected chi connectivity index (χ3v) is 3.46. The molecule has 0 bridgehead atoms. The molecule has 0 fully saturated rings. The predicted molar refractivity (Wildman–Crippen MR) is 80.6 cm³/mol. The van der Waals surface area contributed by atoms with Crippen molar-refractivity contribution >= 4 is 5.91 Å². The highest BCUT2D eigenvalue weighted by molar-refractivity contribution is 5.92. The van der Waals surface area contributed by atoms with Gasteiger partial charge in [-0.1, -0.05) is 6.07 Å². The molecular weight excluding hydrogens is 318 g/mol. The first-order valence-corrected chi connectivity index (χ1v) is 7.17. The van der Waals surface area contributed by atoms with E-state index in [0.29, 0.717) is 11.7 Å². The van der Waals surface area contributed by atoms with E-state index < -0.39 is 17.5 Å². The van der Waals surface area contributed by atoms with Crippen molar-refractivity contribution in [3.63, 3.8) is 0 Å². The fourth-order valence-electron chi connectivity index (χ4n) is 2.14. The van der Waals surface area contributed by atoms with Crippen LogP contribution in [0, 0.1) is 25.5 Å². The number of oxazole rings is 1. The summed E-state index contributed by atoms with van der Waals surface area (Å²) in [6.45, 7) is 3.67. The predicted octanol–water partition coefficient (Wildman–Crippen LogP) is 2.69. The fourth-order valence-corrected chi connectivity index (χ4v) is 2.14. The van der Waals surface area contributed by atoms with Crippen molar-refractivity contribution in [2.45, 2.75) is 20.4 Å². The van der Waals surface area contributed by atoms with Crippen molar-refractivity contribution in [3.8, 4) is 5.69 Å². The number of nitrogens with zero attached hydrogens (tertiary/aromatic N) is 3. The topological polar surface area (TPSA) is 73.0 Å². The van der Waals surface area contributed by atoms with Gasteiger partial charge >= 0.3 is 0 Å². The molecule has 3 rings (SSSR count). The molecule has 0 aliphatic carbocycles. The molecule has 124 valence electrons. The summed E-state index contributed by atoms with van der Waals surface area (Å²) < 4.78 is 33.8. The minimum absolute atomic E-state index is 0.0256. The fraction of sp³-hybridized carbons (Fsp3) is 0.188. The summed E-state index contributed by atoms with van der Waals surface area (Å²) in [4.78, 5) is 16.2. The van der Waals surface area contributed by atoms with Gasteiger partial charge in [0.05, 0.1) is 12.2 Å². The number of hydrogen-bond acceptors (Lipinski definition) is 4. The molecule has 6 nitrogen and oxygen atoms in total. The van der Waals surface area contributed by atoms with Crippen LogP contribution in [0.1, 0.15) is 27.8 Å². The average Bonchev–Trinajstić information content (AvgIpc) is 3.13. The molecule has 0 atom stereocenters. The lowest BCUT2D eigenvalue weighted by Gasteiger charge is -2.04. The number of benzene rings is 1. The zero-order chi connectivity index (χ0) is 17.3. The van der Waals surface area contributed by atoms with E-state index in [2.05, 4.69) is 15.4 Å². The molecular formula is C16H14F2N4O2. The van der Waals surface area contributed by atoms with Gasteiger partial charge in [0.1, 0.15) is 11.4 Å². The highest BCUT2D eigenvalue weighted by atomic mass is 19.1. The quantitative estimate of drug-likeness (QED) is 0.797. The Morgan fingerprint density at radius 3 is 2.58 bits per heavy atom. The number of para-hydroxylation sites is 1. The van der Waals surface area contributed by atoms with Crippen LogP contribution in [0.5, 0.6) is 0 Å². The highest BCUT2D eigenvalue weighted by Gasteiger charge is 2.16. The van der Waals surface area contributed by atoms with E-state index in [9.17, 15) is 13.6 Å². The number of rotatable bonds is 4. The van der Waals surface area contributed by atoms with Crippen LogP contribution in [0.25, 0.3) is 5.69 Å². The maximum absolute atomic E-state index is 13.7. The SMILES string of the molecule is Cc1nc(CNC(=O)c2ccn(-c3c(F)cccc3F)n2)oc1C. The summed E-state index contributed by atoms with van der Waals surface area (Å²) >= 11 is 0. The first kappa shape index (κ1) is 15.9. The Bertz CT molecular complexity index is 862. The Morgan fingerprint density at radius 2 is 1.96 bits per heavy atom. The van der Waals surface area contributed by atoms with Crippen LogP contribution in [0.2, 0.25) is 0 Å². The monoisotopic (exact) mass is 332 g/mol. The summed E-state index contributed by atoms with van der Waals surface area (Å²) in [5.74, 6) is -0.984. The lowest BCUT2D eigenvalue weighted by Crippen LogP contribution is -2.23. The van der Waals surface area contributed by atoms with Gasteiger partial charge in [0.25, 0.3) is 5.91 Å². The Balaban J connectivity index is 1.74. The number of nitrogens with one attached hydrogen (secondary N) is 1. The van der Waals surface area contributed by atoms with Crippen LogP contribution in [0.3, 0.4) is 0 Å². The van der Waals surface area contributed by atoms with Gasteiger partial charge in [0, 0.05) is 6.20 Å². The van der Waals surface area contributed by atoms with Crippen molar-refractivity contribution in [2.24, 2.45) is 0 Å². The molecule has 1 amide bonds. The molecule has 0 radical (unpaired) electrons. The van der Waals surface area contributed by atoms with E-state index in [1.165, 1.54) is 18.3 Å². The van der Waals surface area contributed by atoms with Crippen LogP contribution >= 0.6 is 0 Å². The summed E-state index contributed by atoms with van der Waals surface area (Å²) in [5, 5.41) is 6.50. The smallest absolute Gasteiger partial charge is 0.272 e. The molecule has 1 N–H and O–H groups in total. The molecule has 0 saturated carbocycles. The summed E-state index contributed by atoms with van der Waals surface area (Å²) in [6, 6.07) is 4.86. The van der Waals surface area contributed by atoms with Crippen molar-refractivity contribution < 1.29 is 18.0 Å². The van der Waals surface area contributed by atoms with E-state index in [0.717, 1.165) is 22.5 Å². The van der Waals surface area contributed by atoms with Gasteiger partial charge in [-0.2, -0.15) is 5.10 Å². The third kappa shape index (κ3) is 3.03. The van der Waals surface area contributed by atoms with Crippen LogP contribution in [-0.4, -0.2) is 20.7 Å². The summed E-state index contributed by atoms with van der Waals surface area (Å²) in [5.41, 5.74) is 0.437. The molecule has 0 aliphatic rings. The van der Waals surface area contributed by atoms with Gasteiger partial charge in [0.2, 0.25) is 5.89 Å². The zero-order valence-corrected chi connectivity index (χ0v) is 13.0. The van der Waals surface area contributed by atoms with E-state index in [4.69, 9.17) is 4.42 Å². The van der Waals surface area contributed by atoms with E-state index in [-0.39, 0.29) is 17.9 Å². The van der Waals surface area contributed by atoms with Crippen molar-refractivity contribution in [1.29, 1.82) is 0 Å². The molecule has 0 aliphatic heterocycles. The molecule has 1 aromatic carbocycles. The van der Waals surface area contributed by atoms with Gasteiger partial charge in [0.15, 0.2) is 17.3 Å². The van der Waals surface area contributed by atoms with E-state index in [1.54, 1.807) is 13.8 Å². The average molecular weight is 332 g/mol. The number of aromatic nitrogens is 3. The van der Waals surface area contributed by atoms with Gasteiger partial charge in [-0.15, -0.1) is 0 Å². The molecule has 2 heterocycles. The van der Waals surface area contributed by atoms with Crippen molar-refractivity contribution in [2.75, 3.05) is 0 Å². The van der Waals surface area contributed by atoms with Crippen LogP contribution in [0.15, 0.2) is 34.9 Å². The minimum Gasteiger partial charge on any atom is -0.444 e. The van der Waals surface area contributed by atoms with Gasteiger partial charge in [-0.3, -0.25) is 4.79 Å². The second-order valence-electron chi connectivity index (χ2n) is 5.15. The largest absolute Gasteiger partial charge is 0.444 e. The molecule has 8 heteroatoms. The van der Waals surface area contributed by atoms with Crippen LogP contribution in [-0.2, 0) is 6.54 Å². The van der Waals surface area contributed by atoms with E-state index >= 15 is 0 Å². The molecule has 0 saturated heterocycles. The lowest BCUT2D eigenvalue weighted by atomic mass is 10.3. The first-order chi connectivity index (χ1) is 11.5. The van der Waals surface area contributed by atoms with Crippen molar-refractivity contribution in [3.05, 3.63) is 65.1 Å². The van der Waals surface area contributed by atoms with E-state index in [1.807, 2.05) is 0 Å². The second-order valence-corrected chi connectivity index (χ2v) is 5.15. The number of carbonyl (C=O) groups excluding carboxylic acids is 1. The normalized spacial score (nSPS) is 10.8. The van der Waals surface area contributed by atoms with Crippen LogP contribution in [0.4, 0.5) is 8.78 Å². The summed E-state index contributed by atoms with van der Waals surface area (Å²) in [6.07, 6.45) is 1.32. The third-order valence-electron chi connectivity index (χ3n) is 3.46. The zero-order valence-electron chi connectivity index (χ0n) is 13.0. The molecule has 0 unspecified atom stereocenters. The summed E-state index contributed by atoms with van der Waals surface area (Å²) in [7, 11) is 0. The molecule has 0 spiro atoms. The van der Waals surface area contributed by atoms with Crippen molar-refractivity contribution in [1.82, 2.24) is 20.1 Å². The van der Waals surface area contributed by atoms with Gasteiger partial charge < -0.3 is 9.73 Å². The molecule has 3 aromatic rings. The molecule has 24 heavy (non-hydrogen) atoms. The highest BCUT2D eigenvalue weighted by Crippen LogP contribution is 2.17. The van der Waals surface area contributed by atoms with Gasteiger partial charge in [-0.25, -0.2) is 18.4 Å². The first-order valence-electron chi connectivity index (χ1n) is 7.17.